The van der Waals surface area contributed by atoms with Crippen LogP contribution in [0.1, 0.15) is 25.6 Å². The van der Waals surface area contributed by atoms with Crippen molar-refractivity contribution in [2.45, 2.75) is 26.2 Å². The molecule has 0 amide bonds. The molecule has 8 nitrogen and oxygen atoms in total. The van der Waals surface area contributed by atoms with Gasteiger partial charge in [-0.05, 0) is 31.8 Å². The van der Waals surface area contributed by atoms with E-state index in [0.29, 0.717) is 31.3 Å². The van der Waals surface area contributed by atoms with E-state index in [2.05, 4.69) is 31.6 Å². The molecule has 0 saturated carbocycles. The van der Waals surface area contributed by atoms with E-state index in [1.807, 2.05) is 0 Å². The van der Waals surface area contributed by atoms with Crippen LogP contribution in [0.3, 0.4) is 0 Å². The van der Waals surface area contributed by atoms with E-state index in [-0.39, 0.29) is 6.54 Å². The standard InChI is InChI=1S/C12H23N5O3S/c1-2-13-8-11-4-3-7-17(9-11)21(18,19)15-6-5-12-14-10-20-16-12/h10-11,13,15H,2-9H2,1H3. The van der Waals surface area contributed by atoms with Crippen molar-refractivity contribution in [3.63, 3.8) is 0 Å². The summed E-state index contributed by atoms with van der Waals surface area (Å²) >= 11 is 0. The average molecular weight is 317 g/mol. The first kappa shape index (κ1) is 16.3. The fraction of sp³-hybridized carbons (Fsp3) is 0.833. The summed E-state index contributed by atoms with van der Waals surface area (Å²) in [5.74, 6) is 0.883. The van der Waals surface area contributed by atoms with Crippen molar-refractivity contribution in [1.29, 1.82) is 0 Å². The SMILES string of the molecule is CCNCC1CCCN(S(=O)(=O)NCCc2ncon2)C1. The van der Waals surface area contributed by atoms with Gasteiger partial charge >= 0.3 is 0 Å². The Kier molecular flexibility index (Phi) is 6.09. The zero-order chi connectivity index (χ0) is 15.1. The highest BCUT2D eigenvalue weighted by molar-refractivity contribution is 7.87. The molecule has 1 saturated heterocycles. The van der Waals surface area contributed by atoms with E-state index in [9.17, 15) is 8.42 Å². The molecule has 1 aromatic heterocycles. The summed E-state index contributed by atoms with van der Waals surface area (Å²) in [5.41, 5.74) is 0. The van der Waals surface area contributed by atoms with Crippen LogP contribution in [0.25, 0.3) is 0 Å². The molecular weight excluding hydrogens is 294 g/mol. The third kappa shape index (κ3) is 5.03. The number of piperidine rings is 1. The maximum absolute atomic E-state index is 12.3. The minimum Gasteiger partial charge on any atom is -0.343 e. The summed E-state index contributed by atoms with van der Waals surface area (Å²) in [6, 6.07) is 0. The van der Waals surface area contributed by atoms with Crippen molar-refractivity contribution in [1.82, 2.24) is 24.5 Å². The van der Waals surface area contributed by atoms with Crippen LogP contribution in [0.5, 0.6) is 0 Å². The molecule has 2 rings (SSSR count). The maximum atomic E-state index is 12.3. The molecule has 120 valence electrons. The molecule has 1 fully saturated rings. The fourth-order valence-electron chi connectivity index (χ4n) is 2.45. The summed E-state index contributed by atoms with van der Waals surface area (Å²) in [6.07, 6.45) is 3.63. The molecule has 0 spiro atoms. The minimum atomic E-state index is -3.43. The van der Waals surface area contributed by atoms with Crippen molar-refractivity contribution in [3.8, 4) is 0 Å². The molecule has 0 aliphatic carbocycles. The van der Waals surface area contributed by atoms with Gasteiger partial charge in [0.15, 0.2) is 5.82 Å². The van der Waals surface area contributed by atoms with E-state index in [0.717, 1.165) is 25.9 Å². The highest BCUT2D eigenvalue weighted by atomic mass is 32.2. The van der Waals surface area contributed by atoms with E-state index in [4.69, 9.17) is 0 Å². The molecule has 0 bridgehead atoms. The van der Waals surface area contributed by atoms with E-state index in [1.54, 1.807) is 0 Å². The Labute approximate surface area is 125 Å². The lowest BCUT2D eigenvalue weighted by Gasteiger charge is -2.32. The van der Waals surface area contributed by atoms with Crippen LogP contribution in [-0.4, -0.2) is 55.6 Å². The zero-order valence-electron chi connectivity index (χ0n) is 12.3. The molecule has 1 aromatic rings. The molecule has 1 atom stereocenters. The Morgan fingerprint density at radius 1 is 1.52 bits per heavy atom. The molecule has 21 heavy (non-hydrogen) atoms. The summed E-state index contributed by atoms with van der Waals surface area (Å²) in [4.78, 5) is 3.86. The summed E-state index contributed by atoms with van der Waals surface area (Å²) in [5, 5.41) is 6.93. The predicted octanol–water partition coefficient (Wildman–Crippen LogP) is -0.232. The lowest BCUT2D eigenvalue weighted by Crippen LogP contribution is -2.48. The second kappa shape index (κ2) is 7.83. The normalized spacial score (nSPS) is 20.7. The van der Waals surface area contributed by atoms with Gasteiger partial charge in [-0.2, -0.15) is 17.7 Å². The average Bonchev–Trinajstić information content (AvgIpc) is 2.98. The Hall–Kier alpha value is -1.03. The summed E-state index contributed by atoms with van der Waals surface area (Å²) < 4.78 is 33.3. The highest BCUT2D eigenvalue weighted by Crippen LogP contribution is 2.17. The van der Waals surface area contributed by atoms with Crippen LogP contribution in [0.2, 0.25) is 0 Å². The smallest absolute Gasteiger partial charge is 0.279 e. The largest absolute Gasteiger partial charge is 0.343 e. The van der Waals surface area contributed by atoms with E-state index < -0.39 is 10.2 Å². The van der Waals surface area contributed by atoms with Gasteiger partial charge in [0.1, 0.15) is 0 Å². The van der Waals surface area contributed by atoms with Crippen molar-refractivity contribution >= 4 is 10.2 Å². The Morgan fingerprint density at radius 3 is 3.10 bits per heavy atom. The molecule has 2 heterocycles. The number of nitrogens with zero attached hydrogens (tertiary/aromatic N) is 3. The van der Waals surface area contributed by atoms with Crippen LogP contribution in [0.4, 0.5) is 0 Å². The number of nitrogens with one attached hydrogen (secondary N) is 2. The molecule has 1 aliphatic heterocycles. The van der Waals surface area contributed by atoms with Crippen LogP contribution >= 0.6 is 0 Å². The zero-order valence-corrected chi connectivity index (χ0v) is 13.1. The van der Waals surface area contributed by atoms with Gasteiger partial charge in [0.25, 0.3) is 10.2 Å². The maximum Gasteiger partial charge on any atom is 0.279 e. The third-order valence-corrected chi connectivity index (χ3v) is 5.13. The Bertz CT molecular complexity index is 505. The van der Waals surface area contributed by atoms with Crippen LogP contribution in [-0.2, 0) is 16.6 Å². The minimum absolute atomic E-state index is 0.274. The van der Waals surface area contributed by atoms with Gasteiger partial charge in [0.2, 0.25) is 6.39 Å². The summed E-state index contributed by atoms with van der Waals surface area (Å²) in [6.45, 7) is 5.26. The molecule has 1 aliphatic rings. The number of hydrogen-bond donors (Lipinski definition) is 2. The van der Waals surface area contributed by atoms with Gasteiger partial charge in [-0.25, -0.2) is 4.72 Å². The van der Waals surface area contributed by atoms with E-state index >= 15 is 0 Å². The first-order valence-electron chi connectivity index (χ1n) is 7.32. The summed E-state index contributed by atoms with van der Waals surface area (Å²) in [7, 11) is -3.43. The van der Waals surface area contributed by atoms with Crippen molar-refractivity contribution in [3.05, 3.63) is 12.2 Å². The van der Waals surface area contributed by atoms with Crippen molar-refractivity contribution < 1.29 is 12.9 Å². The molecule has 0 radical (unpaired) electrons. The molecule has 1 unspecified atom stereocenters. The topological polar surface area (TPSA) is 100 Å². The number of hydrogen-bond acceptors (Lipinski definition) is 6. The molecule has 2 N–H and O–H groups in total. The van der Waals surface area contributed by atoms with Gasteiger partial charge in [-0.1, -0.05) is 12.1 Å². The van der Waals surface area contributed by atoms with Gasteiger partial charge in [-0.15, -0.1) is 0 Å². The second-order valence-corrected chi connectivity index (χ2v) is 6.93. The monoisotopic (exact) mass is 317 g/mol. The highest BCUT2D eigenvalue weighted by Gasteiger charge is 2.28. The van der Waals surface area contributed by atoms with Gasteiger partial charge in [0.05, 0.1) is 0 Å². The molecule has 0 aromatic carbocycles. The van der Waals surface area contributed by atoms with Gasteiger partial charge in [0, 0.05) is 26.1 Å². The number of aromatic nitrogens is 2. The lowest BCUT2D eigenvalue weighted by atomic mass is 10.00. The predicted molar refractivity (Wildman–Crippen MR) is 77.8 cm³/mol. The van der Waals surface area contributed by atoms with Crippen molar-refractivity contribution in [2.24, 2.45) is 5.92 Å². The Balaban J connectivity index is 1.80. The number of rotatable bonds is 8. The van der Waals surface area contributed by atoms with Gasteiger partial charge in [-0.3, -0.25) is 0 Å². The van der Waals surface area contributed by atoms with E-state index in [1.165, 1.54) is 10.7 Å². The molecular formula is C12H23N5O3S. The lowest BCUT2D eigenvalue weighted by molar-refractivity contribution is 0.259. The van der Waals surface area contributed by atoms with Crippen LogP contribution in [0.15, 0.2) is 10.9 Å². The van der Waals surface area contributed by atoms with Gasteiger partial charge < -0.3 is 9.84 Å². The van der Waals surface area contributed by atoms with Crippen LogP contribution < -0.4 is 10.0 Å². The molecule has 9 heteroatoms. The quantitative estimate of drug-likeness (QED) is 0.687. The van der Waals surface area contributed by atoms with Crippen LogP contribution in [0, 0.1) is 5.92 Å². The first-order chi connectivity index (χ1) is 10.1. The Morgan fingerprint density at radius 2 is 2.38 bits per heavy atom. The third-order valence-electron chi connectivity index (χ3n) is 3.54. The fourth-order valence-corrected chi connectivity index (χ4v) is 3.77. The first-order valence-corrected chi connectivity index (χ1v) is 8.76. The second-order valence-electron chi connectivity index (χ2n) is 5.17. The van der Waals surface area contributed by atoms with Crippen molar-refractivity contribution in [2.75, 3.05) is 32.7 Å².